The van der Waals surface area contributed by atoms with Crippen molar-refractivity contribution in [2.45, 2.75) is 17.4 Å². The van der Waals surface area contributed by atoms with Crippen molar-refractivity contribution in [3.05, 3.63) is 53.3 Å². The molecular weight excluding hydrogens is 338 g/mol. The lowest BCUT2D eigenvalue weighted by atomic mass is 9.93. The molecule has 5 nitrogen and oxygen atoms in total. The fourth-order valence-corrected chi connectivity index (χ4v) is 4.09. The van der Waals surface area contributed by atoms with Gasteiger partial charge in [-0.1, -0.05) is 12.1 Å². The lowest BCUT2D eigenvalue weighted by Crippen LogP contribution is -2.34. The molecule has 1 aromatic rings. The van der Waals surface area contributed by atoms with E-state index in [4.69, 9.17) is 9.47 Å². The second-order valence-electron chi connectivity index (χ2n) is 5.62. The molecule has 0 spiro atoms. The molecule has 0 aromatic heterocycles. The molecule has 0 radical (unpaired) electrons. The molecule has 1 aliphatic heterocycles. The van der Waals surface area contributed by atoms with Gasteiger partial charge in [-0.25, -0.2) is 9.59 Å². The number of hydrogen-bond acceptors (Lipinski definition) is 6. The van der Waals surface area contributed by atoms with Gasteiger partial charge in [-0.15, -0.1) is 11.8 Å². The average Bonchev–Trinajstić information content (AvgIpc) is 2.88. The van der Waals surface area contributed by atoms with Gasteiger partial charge in [-0.3, -0.25) is 0 Å². The molecule has 1 heterocycles. The second-order valence-corrected chi connectivity index (χ2v) is 6.76. The lowest BCUT2D eigenvalue weighted by Gasteiger charge is -2.32. The number of carbonyl (C=O) groups is 1. The van der Waals surface area contributed by atoms with Gasteiger partial charge in [-0.2, -0.15) is 0 Å². The predicted molar refractivity (Wildman–Crippen MR) is 97.3 cm³/mol. The van der Waals surface area contributed by atoms with Crippen LogP contribution in [0.2, 0.25) is 0 Å². The second kappa shape index (κ2) is 7.74. The van der Waals surface area contributed by atoms with Crippen LogP contribution in [0.15, 0.2) is 58.2 Å². The highest BCUT2D eigenvalue weighted by molar-refractivity contribution is 7.99. The Morgan fingerprint density at radius 3 is 2.80 bits per heavy atom. The minimum Gasteiger partial charge on any atom is -0.466 e. The number of nitrogens with zero attached hydrogens (tertiary/aromatic N) is 1. The van der Waals surface area contributed by atoms with E-state index in [2.05, 4.69) is 11.0 Å². The summed E-state index contributed by atoms with van der Waals surface area (Å²) in [6.07, 6.45) is 3.63. The van der Waals surface area contributed by atoms with Gasteiger partial charge in [0.05, 0.1) is 29.6 Å². The van der Waals surface area contributed by atoms with E-state index in [1.54, 1.807) is 23.9 Å². The number of fused-ring (bicyclic) bond motifs is 1. The summed E-state index contributed by atoms with van der Waals surface area (Å²) in [5.41, 5.74) is 2.37. The molecule has 130 valence electrons. The monoisotopic (exact) mass is 357 g/mol. The lowest BCUT2D eigenvalue weighted by molar-refractivity contribution is -0.137. The largest absolute Gasteiger partial charge is 0.466 e. The molecule has 1 aliphatic carbocycles. The number of para-hydroxylation sites is 1. The maximum absolute atomic E-state index is 12.0. The van der Waals surface area contributed by atoms with Crippen molar-refractivity contribution in [2.24, 2.45) is 0 Å². The molecule has 1 aromatic carbocycles. The van der Waals surface area contributed by atoms with Gasteiger partial charge in [0.1, 0.15) is 12.0 Å². The number of anilines is 1. The Kier molecular flexibility index (Phi) is 5.43. The van der Waals surface area contributed by atoms with E-state index in [0.717, 1.165) is 24.4 Å². The zero-order valence-electron chi connectivity index (χ0n) is 14.2. The molecule has 2 aliphatic rings. The first-order chi connectivity index (χ1) is 12.2. The van der Waals surface area contributed by atoms with Gasteiger partial charge < -0.3 is 14.4 Å². The van der Waals surface area contributed by atoms with Crippen molar-refractivity contribution in [1.82, 2.24) is 0 Å². The summed E-state index contributed by atoms with van der Waals surface area (Å²) in [4.78, 5) is 27.0. The Morgan fingerprint density at radius 2 is 2.08 bits per heavy atom. The van der Waals surface area contributed by atoms with E-state index in [0.29, 0.717) is 16.8 Å². The fraction of sp³-hybridized carbons (Fsp3) is 0.316. The summed E-state index contributed by atoms with van der Waals surface area (Å²) in [5.74, 6) is 2.49. The summed E-state index contributed by atoms with van der Waals surface area (Å²) >= 11 is 1.80. The summed E-state index contributed by atoms with van der Waals surface area (Å²) in [6.45, 7) is 0.777. The quantitative estimate of drug-likeness (QED) is 0.612. The van der Waals surface area contributed by atoms with Gasteiger partial charge in [-0.05, 0) is 36.5 Å². The Bertz CT molecular complexity index is 792. The van der Waals surface area contributed by atoms with Crippen LogP contribution in [0, 0.1) is 0 Å². The fourth-order valence-electron chi connectivity index (χ4n) is 3.09. The van der Waals surface area contributed by atoms with E-state index in [9.17, 15) is 9.59 Å². The first kappa shape index (κ1) is 17.5. The number of methoxy groups -OCH3 is 2. The molecule has 1 atom stereocenters. The number of rotatable bonds is 3. The number of esters is 1. The predicted octanol–water partition coefficient (Wildman–Crippen LogP) is 2.76. The number of benzene rings is 1. The van der Waals surface area contributed by atoms with Crippen LogP contribution in [0.4, 0.5) is 5.69 Å². The van der Waals surface area contributed by atoms with Crippen LogP contribution in [-0.4, -0.2) is 44.5 Å². The number of hydrogen-bond donors (Lipinski definition) is 0. The Morgan fingerprint density at radius 1 is 1.28 bits per heavy atom. The highest BCUT2D eigenvalue weighted by Crippen LogP contribution is 2.39. The Hall–Kier alpha value is -2.27. The molecule has 0 saturated heterocycles. The minimum absolute atomic E-state index is 0.296. The number of ether oxygens (including phenoxy) is 2. The van der Waals surface area contributed by atoms with Crippen molar-refractivity contribution in [3.8, 4) is 0 Å². The molecule has 0 fully saturated rings. The molecule has 1 unspecified atom stereocenters. The maximum Gasteiger partial charge on any atom is 0.336 e. The van der Waals surface area contributed by atoms with Crippen LogP contribution < -0.4 is 4.90 Å². The normalized spacial score (nSPS) is 20.0. The van der Waals surface area contributed by atoms with E-state index in [-0.39, 0.29) is 0 Å². The minimum atomic E-state index is -0.784. The summed E-state index contributed by atoms with van der Waals surface area (Å²) in [7, 11) is 2.77. The molecule has 0 bridgehead atoms. The van der Waals surface area contributed by atoms with Crippen LogP contribution in [0.25, 0.3) is 0 Å². The van der Waals surface area contributed by atoms with Crippen LogP contribution in [-0.2, 0) is 19.1 Å². The van der Waals surface area contributed by atoms with Crippen molar-refractivity contribution >= 4 is 29.4 Å². The standard InChI is InChI=1S/C19H19NO4S/c1-23-18-13(19(22)24-2)8-9-15(14(18)12-21)20-10-5-11-25-17-7-4-3-6-16(17)20/h3-4,6-9,18H,5,10-11H2,1-2H3. The molecular formula is C19H19NO4S. The maximum atomic E-state index is 12.0. The third-order valence-electron chi connectivity index (χ3n) is 4.24. The third-order valence-corrected chi connectivity index (χ3v) is 5.39. The van der Waals surface area contributed by atoms with Crippen LogP contribution >= 0.6 is 11.8 Å². The molecule has 0 saturated carbocycles. The smallest absolute Gasteiger partial charge is 0.336 e. The summed E-state index contributed by atoms with van der Waals surface area (Å²) < 4.78 is 10.2. The SMILES string of the molecule is COC(=O)C1=CC=C(N2CCCSc3ccccc32)C(=C=O)C1OC. The van der Waals surface area contributed by atoms with E-state index in [1.165, 1.54) is 19.1 Å². The van der Waals surface area contributed by atoms with Crippen LogP contribution in [0.1, 0.15) is 6.42 Å². The van der Waals surface area contributed by atoms with Crippen molar-refractivity contribution in [1.29, 1.82) is 0 Å². The zero-order valence-corrected chi connectivity index (χ0v) is 15.0. The molecule has 6 heteroatoms. The van der Waals surface area contributed by atoms with Crippen LogP contribution in [0.3, 0.4) is 0 Å². The van der Waals surface area contributed by atoms with Gasteiger partial charge in [0.15, 0.2) is 0 Å². The molecule has 0 N–H and O–H groups in total. The van der Waals surface area contributed by atoms with E-state index < -0.39 is 12.1 Å². The summed E-state index contributed by atoms with van der Waals surface area (Å²) in [5, 5.41) is 0. The zero-order chi connectivity index (χ0) is 17.8. The van der Waals surface area contributed by atoms with Crippen molar-refractivity contribution in [3.63, 3.8) is 0 Å². The molecule has 25 heavy (non-hydrogen) atoms. The third kappa shape index (κ3) is 3.29. The molecule has 0 amide bonds. The number of carbonyl (C=O) groups excluding carboxylic acids is 2. The van der Waals surface area contributed by atoms with E-state index >= 15 is 0 Å². The molecule has 3 rings (SSSR count). The van der Waals surface area contributed by atoms with Crippen LogP contribution in [0.5, 0.6) is 0 Å². The van der Waals surface area contributed by atoms with Gasteiger partial charge >= 0.3 is 5.97 Å². The number of thioether (sulfide) groups is 1. The van der Waals surface area contributed by atoms with E-state index in [1.807, 2.05) is 24.1 Å². The Balaban J connectivity index is 2.09. The van der Waals surface area contributed by atoms with Crippen molar-refractivity contribution < 1.29 is 19.1 Å². The first-order valence-corrected chi connectivity index (χ1v) is 8.97. The topological polar surface area (TPSA) is 55.8 Å². The first-order valence-electron chi connectivity index (χ1n) is 7.99. The Labute approximate surface area is 151 Å². The van der Waals surface area contributed by atoms with Gasteiger partial charge in [0.2, 0.25) is 0 Å². The van der Waals surface area contributed by atoms with Gasteiger partial charge in [0.25, 0.3) is 0 Å². The highest BCUT2D eigenvalue weighted by atomic mass is 32.2. The highest BCUT2D eigenvalue weighted by Gasteiger charge is 2.34. The number of allylic oxidation sites excluding steroid dienone is 2. The summed E-state index contributed by atoms with van der Waals surface area (Å²) in [6, 6.07) is 8.11. The average molecular weight is 357 g/mol. The van der Waals surface area contributed by atoms with Gasteiger partial charge in [0, 0.05) is 18.6 Å². The van der Waals surface area contributed by atoms with Crippen molar-refractivity contribution in [2.75, 3.05) is 31.4 Å².